The van der Waals surface area contributed by atoms with Crippen molar-refractivity contribution >= 4 is 27.9 Å². The van der Waals surface area contributed by atoms with Gasteiger partial charge in [0.05, 0.1) is 25.8 Å². The molecule has 3 aromatic rings. The standard InChI is InChI=1S/C19H21N3O4/c1-24-15-2-3-16-13(11-15)10-14-12-17(26-19(14)21-16)18(23)20-4-5-22-6-8-25-9-7-22/h2-3,10-12H,4-9H2,1H3,(H,20,23). The molecule has 1 N–H and O–H groups in total. The highest BCUT2D eigenvalue weighted by atomic mass is 16.5. The maximum atomic E-state index is 12.4. The number of nitrogens with zero attached hydrogens (tertiary/aromatic N) is 2. The number of aromatic nitrogens is 1. The van der Waals surface area contributed by atoms with Crippen LogP contribution in [-0.4, -0.2) is 62.3 Å². The molecule has 1 aliphatic heterocycles. The van der Waals surface area contributed by atoms with Crippen molar-refractivity contribution in [2.45, 2.75) is 0 Å². The molecule has 136 valence electrons. The average molecular weight is 355 g/mol. The minimum Gasteiger partial charge on any atom is -0.497 e. The molecule has 1 amide bonds. The van der Waals surface area contributed by atoms with Gasteiger partial charge < -0.3 is 19.2 Å². The summed E-state index contributed by atoms with van der Waals surface area (Å²) in [7, 11) is 1.63. The van der Waals surface area contributed by atoms with Crippen LogP contribution in [0.5, 0.6) is 5.75 Å². The van der Waals surface area contributed by atoms with Gasteiger partial charge in [-0.1, -0.05) is 0 Å². The van der Waals surface area contributed by atoms with E-state index in [1.54, 1.807) is 13.2 Å². The first-order valence-electron chi connectivity index (χ1n) is 8.69. The van der Waals surface area contributed by atoms with Crippen molar-refractivity contribution in [3.05, 3.63) is 36.1 Å². The van der Waals surface area contributed by atoms with Crippen LogP contribution in [0.4, 0.5) is 0 Å². The van der Waals surface area contributed by atoms with Crippen molar-refractivity contribution in [3.63, 3.8) is 0 Å². The predicted molar refractivity (Wildman–Crippen MR) is 97.7 cm³/mol. The van der Waals surface area contributed by atoms with E-state index in [2.05, 4.69) is 15.2 Å². The zero-order chi connectivity index (χ0) is 17.9. The topological polar surface area (TPSA) is 76.8 Å². The van der Waals surface area contributed by atoms with Gasteiger partial charge >= 0.3 is 0 Å². The molecule has 0 aliphatic carbocycles. The van der Waals surface area contributed by atoms with Gasteiger partial charge in [0.1, 0.15) is 5.75 Å². The number of carbonyl (C=O) groups is 1. The summed E-state index contributed by atoms with van der Waals surface area (Å²) in [4.78, 5) is 19.1. The van der Waals surface area contributed by atoms with Crippen molar-refractivity contribution < 1.29 is 18.7 Å². The fraction of sp³-hybridized carbons (Fsp3) is 0.368. The number of furan rings is 1. The zero-order valence-corrected chi connectivity index (χ0v) is 14.7. The minimum absolute atomic E-state index is 0.224. The van der Waals surface area contributed by atoms with Gasteiger partial charge in [-0.25, -0.2) is 4.98 Å². The van der Waals surface area contributed by atoms with E-state index in [0.29, 0.717) is 12.3 Å². The summed E-state index contributed by atoms with van der Waals surface area (Å²) in [5, 5.41) is 4.64. The van der Waals surface area contributed by atoms with Crippen LogP contribution in [0.1, 0.15) is 10.6 Å². The van der Waals surface area contributed by atoms with E-state index >= 15 is 0 Å². The summed E-state index contributed by atoms with van der Waals surface area (Å²) >= 11 is 0. The Bertz CT molecular complexity index is 931. The van der Waals surface area contributed by atoms with Crippen LogP contribution in [0, 0.1) is 0 Å². The van der Waals surface area contributed by atoms with Crippen LogP contribution >= 0.6 is 0 Å². The highest BCUT2D eigenvalue weighted by Gasteiger charge is 2.15. The second-order valence-electron chi connectivity index (χ2n) is 6.26. The van der Waals surface area contributed by atoms with Crippen LogP contribution in [0.3, 0.4) is 0 Å². The monoisotopic (exact) mass is 355 g/mol. The van der Waals surface area contributed by atoms with Crippen molar-refractivity contribution in [1.29, 1.82) is 0 Å². The third-order valence-electron chi connectivity index (χ3n) is 4.55. The van der Waals surface area contributed by atoms with Gasteiger partial charge in [0.15, 0.2) is 5.76 Å². The molecule has 26 heavy (non-hydrogen) atoms. The van der Waals surface area contributed by atoms with E-state index in [1.807, 2.05) is 24.3 Å². The fourth-order valence-corrected chi connectivity index (χ4v) is 3.09. The van der Waals surface area contributed by atoms with Gasteiger partial charge in [0.25, 0.3) is 5.91 Å². The third-order valence-corrected chi connectivity index (χ3v) is 4.55. The Morgan fingerprint density at radius 2 is 2.08 bits per heavy atom. The molecule has 3 heterocycles. The first kappa shape index (κ1) is 16.8. The lowest BCUT2D eigenvalue weighted by atomic mass is 10.2. The Labute approximate surface area is 150 Å². The molecule has 7 heteroatoms. The van der Waals surface area contributed by atoms with Crippen LogP contribution in [0.25, 0.3) is 22.0 Å². The van der Waals surface area contributed by atoms with Gasteiger partial charge in [-0.3, -0.25) is 9.69 Å². The summed E-state index contributed by atoms with van der Waals surface area (Å²) in [6, 6.07) is 9.32. The molecule has 2 aromatic heterocycles. The molecule has 0 radical (unpaired) electrons. The molecule has 0 atom stereocenters. The van der Waals surface area contributed by atoms with Gasteiger partial charge in [-0.05, 0) is 30.3 Å². The molecule has 0 spiro atoms. The first-order chi connectivity index (χ1) is 12.7. The highest BCUT2D eigenvalue weighted by Crippen LogP contribution is 2.25. The first-order valence-corrected chi connectivity index (χ1v) is 8.69. The zero-order valence-electron chi connectivity index (χ0n) is 14.7. The van der Waals surface area contributed by atoms with Gasteiger partial charge in [-0.2, -0.15) is 0 Å². The predicted octanol–water partition coefficient (Wildman–Crippen LogP) is 2.05. The number of hydrogen-bond acceptors (Lipinski definition) is 6. The molecular weight excluding hydrogens is 334 g/mol. The van der Waals surface area contributed by atoms with Gasteiger partial charge in [0.2, 0.25) is 5.71 Å². The molecule has 4 rings (SSSR count). The number of carbonyl (C=O) groups excluding carboxylic acids is 1. The molecule has 1 aromatic carbocycles. The maximum absolute atomic E-state index is 12.4. The lowest BCUT2D eigenvalue weighted by molar-refractivity contribution is 0.0382. The molecule has 0 saturated carbocycles. The number of amides is 1. The van der Waals surface area contributed by atoms with Crippen LogP contribution in [-0.2, 0) is 4.74 Å². The van der Waals surface area contributed by atoms with E-state index in [-0.39, 0.29) is 11.7 Å². The molecule has 0 bridgehead atoms. The van der Waals surface area contributed by atoms with E-state index in [4.69, 9.17) is 13.9 Å². The lowest BCUT2D eigenvalue weighted by Gasteiger charge is -2.26. The number of nitrogens with one attached hydrogen (secondary N) is 1. The van der Waals surface area contributed by atoms with Crippen molar-refractivity contribution in [2.24, 2.45) is 0 Å². The maximum Gasteiger partial charge on any atom is 0.287 e. The minimum atomic E-state index is -0.224. The summed E-state index contributed by atoms with van der Waals surface area (Å²) in [5.74, 6) is 0.817. The highest BCUT2D eigenvalue weighted by molar-refractivity contribution is 5.98. The number of pyridine rings is 1. The van der Waals surface area contributed by atoms with Crippen molar-refractivity contribution in [3.8, 4) is 5.75 Å². The van der Waals surface area contributed by atoms with Crippen molar-refractivity contribution in [1.82, 2.24) is 15.2 Å². The number of rotatable bonds is 5. The Kier molecular flexibility index (Phi) is 4.73. The Hall–Kier alpha value is -2.64. The van der Waals surface area contributed by atoms with Crippen LogP contribution in [0.2, 0.25) is 0 Å². The number of fused-ring (bicyclic) bond motifs is 2. The Morgan fingerprint density at radius 1 is 1.23 bits per heavy atom. The summed E-state index contributed by atoms with van der Waals surface area (Å²) in [5.41, 5.74) is 1.26. The second kappa shape index (κ2) is 7.31. The molecular formula is C19H21N3O4. The number of hydrogen-bond donors (Lipinski definition) is 1. The summed E-state index contributed by atoms with van der Waals surface area (Å²) in [6.07, 6.45) is 0. The van der Waals surface area contributed by atoms with E-state index in [1.165, 1.54) is 0 Å². The smallest absolute Gasteiger partial charge is 0.287 e. The van der Waals surface area contributed by atoms with Gasteiger partial charge in [0, 0.05) is 37.0 Å². The molecule has 0 unspecified atom stereocenters. The quantitative estimate of drug-likeness (QED) is 0.755. The number of morpholine rings is 1. The normalized spacial score (nSPS) is 15.4. The average Bonchev–Trinajstić information content (AvgIpc) is 3.09. The lowest BCUT2D eigenvalue weighted by Crippen LogP contribution is -2.41. The molecule has 1 aliphatic rings. The van der Waals surface area contributed by atoms with Crippen LogP contribution < -0.4 is 10.1 Å². The molecule has 7 nitrogen and oxygen atoms in total. The summed E-state index contributed by atoms with van der Waals surface area (Å²) in [6.45, 7) is 4.68. The third kappa shape index (κ3) is 3.49. The number of benzene rings is 1. The molecule has 1 fully saturated rings. The number of methoxy groups -OCH3 is 1. The van der Waals surface area contributed by atoms with E-state index < -0.39 is 0 Å². The van der Waals surface area contributed by atoms with Gasteiger partial charge in [-0.15, -0.1) is 0 Å². The van der Waals surface area contributed by atoms with Crippen LogP contribution in [0.15, 0.2) is 34.7 Å². The Morgan fingerprint density at radius 3 is 2.88 bits per heavy atom. The fourth-order valence-electron chi connectivity index (χ4n) is 3.09. The second-order valence-corrected chi connectivity index (χ2v) is 6.26. The Balaban J connectivity index is 1.47. The van der Waals surface area contributed by atoms with Crippen molar-refractivity contribution in [2.75, 3.05) is 46.5 Å². The largest absolute Gasteiger partial charge is 0.497 e. The van der Waals surface area contributed by atoms with E-state index in [0.717, 1.165) is 54.9 Å². The van der Waals surface area contributed by atoms with E-state index in [9.17, 15) is 4.79 Å². The number of ether oxygens (including phenoxy) is 2. The summed E-state index contributed by atoms with van der Waals surface area (Å²) < 4.78 is 16.2. The SMILES string of the molecule is COc1ccc2nc3oc(C(=O)NCCN4CCOCC4)cc3cc2c1. The molecule has 1 saturated heterocycles.